The lowest BCUT2D eigenvalue weighted by Gasteiger charge is -2.36. The van der Waals surface area contributed by atoms with Crippen molar-refractivity contribution in [1.82, 2.24) is 9.88 Å². The number of benzene rings is 1. The molecule has 1 fully saturated rings. The maximum Gasteiger partial charge on any atom is 0.256 e. The van der Waals surface area contributed by atoms with E-state index in [4.69, 9.17) is 0 Å². The third-order valence-electron chi connectivity index (χ3n) is 3.68. The molecule has 3 rings (SSSR count). The SMILES string of the molecule is O=C(c1cccnc1Br)N1CCN(c2ccccc2)CC1. The molecule has 0 atom stereocenters. The van der Waals surface area contributed by atoms with Gasteiger partial charge in [0.15, 0.2) is 0 Å². The normalized spacial score (nSPS) is 15.1. The minimum absolute atomic E-state index is 0.0442. The first-order valence-electron chi connectivity index (χ1n) is 6.95. The Morgan fingerprint density at radius 2 is 1.71 bits per heavy atom. The second-order valence-electron chi connectivity index (χ2n) is 4.96. The van der Waals surface area contributed by atoms with E-state index < -0.39 is 0 Å². The molecule has 2 heterocycles. The zero-order valence-corrected chi connectivity index (χ0v) is 13.2. The lowest BCUT2D eigenvalue weighted by molar-refractivity contribution is 0.0745. The van der Waals surface area contributed by atoms with Crippen molar-refractivity contribution in [3.05, 3.63) is 58.8 Å². The van der Waals surface area contributed by atoms with Crippen molar-refractivity contribution < 1.29 is 4.79 Å². The lowest BCUT2D eigenvalue weighted by atomic mass is 10.2. The van der Waals surface area contributed by atoms with Gasteiger partial charge in [0.05, 0.1) is 5.56 Å². The van der Waals surface area contributed by atoms with Crippen LogP contribution in [0.1, 0.15) is 10.4 Å². The van der Waals surface area contributed by atoms with Gasteiger partial charge in [0, 0.05) is 38.1 Å². The van der Waals surface area contributed by atoms with Gasteiger partial charge in [-0.15, -0.1) is 0 Å². The third-order valence-corrected chi connectivity index (χ3v) is 4.31. The standard InChI is InChI=1S/C16H16BrN3O/c17-15-14(7-4-8-18-15)16(21)20-11-9-19(10-12-20)13-5-2-1-3-6-13/h1-8H,9-12H2. The first-order valence-corrected chi connectivity index (χ1v) is 7.75. The summed E-state index contributed by atoms with van der Waals surface area (Å²) >= 11 is 3.34. The van der Waals surface area contributed by atoms with Crippen LogP contribution >= 0.6 is 15.9 Å². The Hall–Kier alpha value is -1.88. The zero-order chi connectivity index (χ0) is 14.7. The van der Waals surface area contributed by atoms with Crippen molar-refractivity contribution in [2.75, 3.05) is 31.1 Å². The summed E-state index contributed by atoms with van der Waals surface area (Å²) in [5, 5.41) is 0. The number of carbonyl (C=O) groups excluding carboxylic acids is 1. The number of hydrogen-bond acceptors (Lipinski definition) is 3. The van der Waals surface area contributed by atoms with Gasteiger partial charge in [0.2, 0.25) is 0 Å². The Labute approximate surface area is 132 Å². The summed E-state index contributed by atoms with van der Waals surface area (Å²) in [7, 11) is 0. The van der Waals surface area contributed by atoms with E-state index in [9.17, 15) is 4.79 Å². The van der Waals surface area contributed by atoms with Crippen LogP contribution in [0.25, 0.3) is 0 Å². The van der Waals surface area contributed by atoms with Gasteiger partial charge in [0.1, 0.15) is 4.60 Å². The van der Waals surface area contributed by atoms with Crippen LogP contribution in [0.15, 0.2) is 53.3 Å². The van der Waals surface area contributed by atoms with Crippen LogP contribution < -0.4 is 4.90 Å². The van der Waals surface area contributed by atoms with E-state index in [-0.39, 0.29) is 5.91 Å². The predicted octanol–water partition coefficient (Wildman–Crippen LogP) is 2.81. The molecular formula is C16H16BrN3O. The number of piperazine rings is 1. The number of hydrogen-bond donors (Lipinski definition) is 0. The first kappa shape index (κ1) is 14.1. The van der Waals surface area contributed by atoms with Crippen LogP contribution in [0.3, 0.4) is 0 Å². The van der Waals surface area contributed by atoms with Gasteiger partial charge in [-0.2, -0.15) is 0 Å². The Morgan fingerprint density at radius 1 is 1.00 bits per heavy atom. The second kappa shape index (κ2) is 6.26. The molecule has 4 nitrogen and oxygen atoms in total. The Kier molecular flexibility index (Phi) is 4.20. The number of para-hydroxylation sites is 1. The number of nitrogens with zero attached hydrogens (tertiary/aromatic N) is 3. The fourth-order valence-electron chi connectivity index (χ4n) is 2.52. The number of carbonyl (C=O) groups is 1. The minimum atomic E-state index is 0.0442. The second-order valence-corrected chi connectivity index (χ2v) is 5.71. The molecule has 0 N–H and O–H groups in total. The first-order chi connectivity index (χ1) is 10.3. The number of amides is 1. The molecule has 108 valence electrons. The van der Waals surface area contributed by atoms with Crippen molar-refractivity contribution in [3.8, 4) is 0 Å². The number of aromatic nitrogens is 1. The molecule has 0 unspecified atom stereocenters. The summed E-state index contributed by atoms with van der Waals surface area (Å²) in [6.45, 7) is 3.17. The molecule has 0 radical (unpaired) electrons. The van der Waals surface area contributed by atoms with E-state index in [1.54, 1.807) is 12.3 Å². The van der Waals surface area contributed by atoms with Crippen molar-refractivity contribution >= 4 is 27.5 Å². The maximum absolute atomic E-state index is 12.5. The topological polar surface area (TPSA) is 36.4 Å². The monoisotopic (exact) mass is 345 g/mol. The van der Waals surface area contributed by atoms with E-state index in [0.29, 0.717) is 10.2 Å². The van der Waals surface area contributed by atoms with Crippen molar-refractivity contribution in [2.45, 2.75) is 0 Å². The molecule has 0 spiro atoms. The predicted molar refractivity (Wildman–Crippen MR) is 86.5 cm³/mol. The molecule has 0 bridgehead atoms. The summed E-state index contributed by atoms with van der Waals surface area (Å²) in [6, 6.07) is 13.9. The molecule has 1 aromatic carbocycles. The molecule has 1 aliphatic rings. The number of halogens is 1. The molecule has 5 heteroatoms. The number of pyridine rings is 1. The fourth-order valence-corrected chi connectivity index (χ4v) is 2.94. The van der Waals surface area contributed by atoms with E-state index in [2.05, 4.69) is 37.9 Å². The summed E-state index contributed by atoms with van der Waals surface area (Å²) in [5.41, 5.74) is 1.85. The van der Waals surface area contributed by atoms with Gasteiger partial charge in [-0.3, -0.25) is 4.79 Å². The summed E-state index contributed by atoms with van der Waals surface area (Å²) in [4.78, 5) is 20.8. The Balaban J connectivity index is 1.66. The van der Waals surface area contributed by atoms with Gasteiger partial charge in [-0.05, 0) is 40.2 Å². The van der Waals surface area contributed by atoms with Crippen molar-refractivity contribution in [3.63, 3.8) is 0 Å². The molecule has 2 aromatic rings. The molecule has 1 amide bonds. The van der Waals surface area contributed by atoms with Gasteiger partial charge < -0.3 is 9.80 Å². The molecular weight excluding hydrogens is 330 g/mol. The lowest BCUT2D eigenvalue weighted by Crippen LogP contribution is -2.48. The Morgan fingerprint density at radius 3 is 2.38 bits per heavy atom. The summed E-state index contributed by atoms with van der Waals surface area (Å²) in [5.74, 6) is 0.0442. The van der Waals surface area contributed by atoms with Crippen molar-refractivity contribution in [2.24, 2.45) is 0 Å². The van der Waals surface area contributed by atoms with E-state index in [0.717, 1.165) is 26.2 Å². The molecule has 0 aliphatic carbocycles. The van der Waals surface area contributed by atoms with Crippen LogP contribution in [0, 0.1) is 0 Å². The van der Waals surface area contributed by atoms with Crippen LogP contribution in [0.2, 0.25) is 0 Å². The molecule has 1 aromatic heterocycles. The average Bonchev–Trinajstić information content (AvgIpc) is 2.56. The average molecular weight is 346 g/mol. The highest BCUT2D eigenvalue weighted by molar-refractivity contribution is 9.10. The van der Waals surface area contributed by atoms with E-state index >= 15 is 0 Å². The Bertz CT molecular complexity index is 624. The van der Waals surface area contributed by atoms with Crippen LogP contribution in [0.4, 0.5) is 5.69 Å². The quantitative estimate of drug-likeness (QED) is 0.785. The maximum atomic E-state index is 12.5. The molecule has 1 aliphatic heterocycles. The highest BCUT2D eigenvalue weighted by Crippen LogP contribution is 2.19. The molecule has 0 saturated carbocycles. The van der Waals surface area contributed by atoms with E-state index in [1.807, 2.05) is 29.2 Å². The van der Waals surface area contributed by atoms with Gasteiger partial charge in [-0.1, -0.05) is 18.2 Å². The third kappa shape index (κ3) is 3.08. The largest absolute Gasteiger partial charge is 0.368 e. The smallest absolute Gasteiger partial charge is 0.256 e. The highest BCUT2D eigenvalue weighted by atomic mass is 79.9. The highest BCUT2D eigenvalue weighted by Gasteiger charge is 2.23. The fraction of sp³-hybridized carbons (Fsp3) is 0.250. The van der Waals surface area contributed by atoms with E-state index in [1.165, 1.54) is 5.69 Å². The summed E-state index contributed by atoms with van der Waals surface area (Å²) < 4.78 is 0.612. The van der Waals surface area contributed by atoms with Crippen molar-refractivity contribution in [1.29, 1.82) is 0 Å². The molecule has 21 heavy (non-hydrogen) atoms. The van der Waals surface area contributed by atoms with Gasteiger partial charge >= 0.3 is 0 Å². The van der Waals surface area contributed by atoms with Gasteiger partial charge in [0.25, 0.3) is 5.91 Å². The number of rotatable bonds is 2. The molecule has 1 saturated heterocycles. The summed E-state index contributed by atoms with van der Waals surface area (Å²) in [6.07, 6.45) is 1.67. The number of anilines is 1. The van der Waals surface area contributed by atoms with Gasteiger partial charge in [-0.25, -0.2) is 4.98 Å². The minimum Gasteiger partial charge on any atom is -0.368 e. The zero-order valence-electron chi connectivity index (χ0n) is 11.6. The van der Waals surface area contributed by atoms with Crippen LogP contribution in [0.5, 0.6) is 0 Å². The van der Waals surface area contributed by atoms with Crippen LogP contribution in [-0.4, -0.2) is 42.0 Å². The van der Waals surface area contributed by atoms with Crippen LogP contribution in [-0.2, 0) is 0 Å².